The molecule has 0 atom stereocenters. The number of nitrogens with two attached hydrogens (primary N) is 1. The van der Waals surface area contributed by atoms with E-state index in [1.165, 1.54) is 0 Å². The molecule has 0 aliphatic carbocycles. The maximum atomic E-state index is 11.8. The average molecular weight is 378 g/mol. The third kappa shape index (κ3) is 6.38. The third-order valence-corrected chi connectivity index (χ3v) is 4.07. The smallest absolute Gasteiger partial charge is 0.231 e. The topological polar surface area (TPSA) is 127 Å². The first kappa shape index (κ1) is 19.1. The Morgan fingerprint density at radius 1 is 1.26 bits per heavy atom. The van der Waals surface area contributed by atoms with Crippen LogP contribution in [0, 0.1) is 0 Å². The Bertz CT molecular complexity index is 779. The molecule has 2 aromatic rings. The van der Waals surface area contributed by atoms with Crippen LogP contribution in [0.1, 0.15) is 12.0 Å². The second kappa shape index (κ2) is 8.09. The van der Waals surface area contributed by atoms with Crippen molar-refractivity contribution in [2.75, 3.05) is 22.0 Å². The summed E-state index contributed by atoms with van der Waals surface area (Å²) in [6, 6.07) is 7.33. The molecule has 1 amide bonds. The van der Waals surface area contributed by atoms with Crippen molar-refractivity contribution in [1.29, 1.82) is 0 Å². The second-order valence-electron chi connectivity index (χ2n) is 4.53. The van der Waals surface area contributed by atoms with Gasteiger partial charge in [0.1, 0.15) is 0 Å². The number of aromatic nitrogens is 2. The van der Waals surface area contributed by atoms with E-state index in [0.29, 0.717) is 12.1 Å². The number of benzene rings is 1. The normalized spacial score (nSPS) is 10.7. The van der Waals surface area contributed by atoms with Gasteiger partial charge in [-0.25, -0.2) is 8.42 Å². The minimum atomic E-state index is -3.41. The van der Waals surface area contributed by atoms with Gasteiger partial charge in [-0.05, 0) is 18.1 Å². The third-order valence-electron chi connectivity index (χ3n) is 2.62. The van der Waals surface area contributed by atoms with Gasteiger partial charge >= 0.3 is 0 Å². The van der Waals surface area contributed by atoms with Gasteiger partial charge in [0.25, 0.3) is 0 Å². The number of para-hydroxylation sites is 1. The fourth-order valence-electron chi connectivity index (χ4n) is 1.67. The summed E-state index contributed by atoms with van der Waals surface area (Å²) >= 11 is 0.944. The molecule has 4 N–H and O–H groups in total. The van der Waals surface area contributed by atoms with Crippen LogP contribution < -0.4 is 15.8 Å². The van der Waals surface area contributed by atoms with E-state index >= 15 is 0 Å². The number of sulfonamides is 1. The highest BCUT2D eigenvalue weighted by atomic mass is 35.5. The zero-order chi connectivity index (χ0) is 16.2. The van der Waals surface area contributed by atoms with E-state index in [0.717, 1.165) is 23.2 Å². The summed E-state index contributed by atoms with van der Waals surface area (Å²) in [7, 11) is -3.41. The van der Waals surface area contributed by atoms with Crippen molar-refractivity contribution in [3.63, 3.8) is 0 Å². The molecular formula is C12H16ClN5O3S2. The molecule has 0 radical (unpaired) electrons. The predicted octanol–water partition coefficient (Wildman–Crippen LogP) is 1.48. The lowest BCUT2D eigenvalue weighted by molar-refractivity contribution is -0.116. The number of amides is 1. The van der Waals surface area contributed by atoms with Crippen molar-refractivity contribution in [1.82, 2.24) is 10.2 Å². The maximum absolute atomic E-state index is 11.8. The Labute approximate surface area is 144 Å². The summed E-state index contributed by atoms with van der Waals surface area (Å²) < 4.78 is 24.3. The highest BCUT2D eigenvalue weighted by molar-refractivity contribution is 7.92. The Kier molecular flexibility index (Phi) is 6.73. The van der Waals surface area contributed by atoms with Crippen LogP contribution >= 0.6 is 23.7 Å². The fraction of sp³-hybridized carbons (Fsp3) is 0.250. The number of carbonyl (C=O) groups excluding carboxylic acids is 1. The molecule has 2 rings (SSSR count). The number of rotatable bonds is 6. The Morgan fingerprint density at radius 2 is 1.91 bits per heavy atom. The van der Waals surface area contributed by atoms with Crippen molar-refractivity contribution in [3.05, 3.63) is 29.8 Å². The van der Waals surface area contributed by atoms with Crippen LogP contribution in [0.4, 0.5) is 16.0 Å². The van der Waals surface area contributed by atoms with Crippen LogP contribution in [0.3, 0.4) is 0 Å². The SMILES string of the molecule is CS(=O)(=O)Nc1nnc(NC(=O)CCc2ccccc2N)s1.Cl. The summed E-state index contributed by atoms with van der Waals surface area (Å²) in [5, 5.41) is 10.2. The maximum Gasteiger partial charge on any atom is 0.231 e. The number of hydrogen-bond donors (Lipinski definition) is 3. The minimum absolute atomic E-state index is 0. The van der Waals surface area contributed by atoms with Crippen molar-refractivity contribution in [2.45, 2.75) is 12.8 Å². The predicted molar refractivity (Wildman–Crippen MR) is 93.4 cm³/mol. The Balaban J connectivity index is 0.00000264. The van der Waals surface area contributed by atoms with Crippen molar-refractivity contribution >= 4 is 55.6 Å². The van der Waals surface area contributed by atoms with Crippen LogP contribution in [-0.2, 0) is 21.2 Å². The molecule has 1 heterocycles. The zero-order valence-corrected chi connectivity index (χ0v) is 14.6. The van der Waals surface area contributed by atoms with Gasteiger partial charge in [-0.2, -0.15) is 0 Å². The zero-order valence-electron chi connectivity index (χ0n) is 12.1. The number of carbonyl (C=O) groups is 1. The lowest BCUT2D eigenvalue weighted by Gasteiger charge is -2.04. The molecule has 0 aliphatic rings. The first-order chi connectivity index (χ1) is 10.3. The van der Waals surface area contributed by atoms with E-state index in [-0.39, 0.29) is 35.0 Å². The summed E-state index contributed by atoms with van der Waals surface area (Å²) in [5.41, 5.74) is 7.35. The molecule has 0 saturated heterocycles. The van der Waals surface area contributed by atoms with Crippen LogP contribution in [0.2, 0.25) is 0 Å². The van der Waals surface area contributed by atoms with Gasteiger partial charge in [0.15, 0.2) is 0 Å². The first-order valence-electron chi connectivity index (χ1n) is 6.28. The van der Waals surface area contributed by atoms with E-state index in [4.69, 9.17) is 5.73 Å². The largest absolute Gasteiger partial charge is 0.399 e. The van der Waals surface area contributed by atoms with E-state index in [1.54, 1.807) is 6.07 Å². The van der Waals surface area contributed by atoms with E-state index in [1.807, 2.05) is 18.2 Å². The summed E-state index contributed by atoms with van der Waals surface area (Å²) in [5.74, 6) is -0.245. The van der Waals surface area contributed by atoms with Gasteiger partial charge in [-0.15, -0.1) is 22.6 Å². The highest BCUT2D eigenvalue weighted by Gasteiger charge is 2.11. The minimum Gasteiger partial charge on any atom is -0.399 e. The Morgan fingerprint density at radius 3 is 2.57 bits per heavy atom. The first-order valence-corrected chi connectivity index (χ1v) is 8.99. The number of nitrogens with one attached hydrogen (secondary N) is 2. The molecule has 126 valence electrons. The van der Waals surface area contributed by atoms with E-state index < -0.39 is 10.0 Å². The van der Waals surface area contributed by atoms with Crippen LogP contribution in [0.5, 0.6) is 0 Å². The molecular weight excluding hydrogens is 362 g/mol. The number of anilines is 3. The van der Waals surface area contributed by atoms with Gasteiger partial charge in [0.05, 0.1) is 6.26 Å². The molecule has 1 aromatic heterocycles. The number of nitrogens with zero attached hydrogens (tertiary/aromatic N) is 2. The van der Waals surface area contributed by atoms with Gasteiger partial charge in [0, 0.05) is 12.1 Å². The monoisotopic (exact) mass is 377 g/mol. The van der Waals surface area contributed by atoms with Crippen LogP contribution in [0.15, 0.2) is 24.3 Å². The molecule has 1 aromatic carbocycles. The molecule has 0 fully saturated rings. The molecule has 0 aliphatic heterocycles. The quantitative estimate of drug-likeness (QED) is 0.654. The van der Waals surface area contributed by atoms with E-state index in [9.17, 15) is 13.2 Å². The highest BCUT2D eigenvalue weighted by Crippen LogP contribution is 2.21. The van der Waals surface area contributed by atoms with Crippen molar-refractivity contribution in [3.8, 4) is 0 Å². The van der Waals surface area contributed by atoms with Gasteiger partial charge < -0.3 is 11.1 Å². The molecule has 0 saturated carbocycles. The van der Waals surface area contributed by atoms with E-state index in [2.05, 4.69) is 20.2 Å². The van der Waals surface area contributed by atoms with Crippen LogP contribution in [-0.4, -0.2) is 30.8 Å². The number of halogens is 1. The molecule has 11 heteroatoms. The summed E-state index contributed by atoms with van der Waals surface area (Å²) in [4.78, 5) is 11.8. The number of aryl methyl sites for hydroxylation is 1. The van der Waals surface area contributed by atoms with Crippen LogP contribution in [0.25, 0.3) is 0 Å². The molecule has 23 heavy (non-hydrogen) atoms. The summed E-state index contributed by atoms with van der Waals surface area (Å²) in [6.07, 6.45) is 1.76. The van der Waals surface area contributed by atoms with Gasteiger partial charge in [-0.1, -0.05) is 29.5 Å². The summed E-state index contributed by atoms with van der Waals surface area (Å²) in [6.45, 7) is 0. The second-order valence-corrected chi connectivity index (χ2v) is 7.26. The average Bonchev–Trinajstić information content (AvgIpc) is 2.82. The number of nitrogen functional groups attached to an aromatic ring is 1. The van der Waals surface area contributed by atoms with Gasteiger partial charge in [-0.3, -0.25) is 9.52 Å². The number of hydrogen-bond acceptors (Lipinski definition) is 7. The standard InChI is InChI=1S/C12H15N5O3S2.ClH/c1-22(19,20)17-12-16-15-11(21-12)14-10(18)7-6-8-4-2-3-5-9(8)13;/h2-5H,6-7,13H2,1H3,(H,16,17)(H,14,15,18);1H. The fourth-order valence-corrected chi connectivity index (χ4v) is 3.16. The van der Waals surface area contributed by atoms with Crippen molar-refractivity contribution < 1.29 is 13.2 Å². The lowest BCUT2D eigenvalue weighted by atomic mass is 10.1. The lowest BCUT2D eigenvalue weighted by Crippen LogP contribution is -2.12. The molecule has 0 bridgehead atoms. The van der Waals surface area contributed by atoms with Gasteiger partial charge in [0.2, 0.25) is 26.2 Å². The molecule has 0 unspecified atom stereocenters. The Hall–Kier alpha value is -1.91. The molecule has 0 spiro atoms. The van der Waals surface area contributed by atoms with Crippen molar-refractivity contribution in [2.24, 2.45) is 0 Å². The molecule has 8 nitrogen and oxygen atoms in total.